The van der Waals surface area contributed by atoms with E-state index in [9.17, 15) is 0 Å². The largest absolute Gasteiger partial charge is 0.466 e. The van der Waals surface area contributed by atoms with Crippen LogP contribution < -0.4 is 0 Å². The molecule has 2 rings (SSSR count). The monoisotopic (exact) mass is 189 g/mol. The van der Waals surface area contributed by atoms with E-state index >= 15 is 0 Å². The average molecular weight is 189 g/mol. The van der Waals surface area contributed by atoms with Gasteiger partial charge >= 0.3 is 0 Å². The van der Waals surface area contributed by atoms with E-state index in [1.807, 2.05) is 19.1 Å². The van der Waals surface area contributed by atoms with Crippen molar-refractivity contribution in [1.82, 2.24) is 4.98 Å². The minimum atomic E-state index is 0.966. The molecular formula is C12H15NO. The number of rotatable bonds is 3. The van der Waals surface area contributed by atoms with E-state index in [0.29, 0.717) is 0 Å². The van der Waals surface area contributed by atoms with Crippen molar-refractivity contribution in [2.75, 3.05) is 0 Å². The first-order valence-corrected chi connectivity index (χ1v) is 4.94. The van der Waals surface area contributed by atoms with Gasteiger partial charge in [-0.25, -0.2) is 0 Å². The normalized spacial score (nSPS) is 10.7. The molecule has 2 aromatic rings. The fourth-order valence-corrected chi connectivity index (χ4v) is 1.59. The van der Waals surface area contributed by atoms with Crippen LogP contribution in [-0.4, -0.2) is 4.98 Å². The summed E-state index contributed by atoms with van der Waals surface area (Å²) in [5.74, 6) is 2.05. The molecule has 2 heterocycles. The molecule has 2 aromatic heterocycles. The Morgan fingerprint density at radius 2 is 1.93 bits per heavy atom. The van der Waals surface area contributed by atoms with Crippen LogP contribution in [0.15, 0.2) is 28.7 Å². The molecule has 0 atom stereocenters. The summed E-state index contributed by atoms with van der Waals surface area (Å²) < 4.78 is 5.50. The van der Waals surface area contributed by atoms with Gasteiger partial charge in [-0.05, 0) is 44.5 Å². The van der Waals surface area contributed by atoms with Crippen molar-refractivity contribution >= 4 is 0 Å². The van der Waals surface area contributed by atoms with E-state index in [1.165, 1.54) is 11.4 Å². The Labute approximate surface area is 84.0 Å². The minimum absolute atomic E-state index is 0.966. The van der Waals surface area contributed by atoms with Gasteiger partial charge in [0.05, 0.1) is 0 Å². The third kappa shape index (κ3) is 2.08. The molecule has 74 valence electrons. The molecule has 0 bridgehead atoms. The lowest BCUT2D eigenvalue weighted by atomic mass is 10.2. The van der Waals surface area contributed by atoms with Crippen LogP contribution in [0.4, 0.5) is 0 Å². The zero-order valence-corrected chi connectivity index (χ0v) is 8.63. The molecule has 0 amide bonds. The molecule has 0 saturated carbocycles. The predicted octanol–water partition coefficient (Wildman–Crippen LogP) is 3.01. The van der Waals surface area contributed by atoms with Gasteiger partial charge in [0, 0.05) is 17.8 Å². The van der Waals surface area contributed by atoms with Crippen molar-refractivity contribution in [3.63, 3.8) is 0 Å². The van der Waals surface area contributed by atoms with Gasteiger partial charge in [0.15, 0.2) is 0 Å². The predicted molar refractivity (Wildman–Crippen MR) is 56.4 cm³/mol. The zero-order valence-electron chi connectivity index (χ0n) is 8.63. The Balaban J connectivity index is 1.94. The molecule has 0 aliphatic heterocycles. The third-order valence-corrected chi connectivity index (χ3v) is 2.33. The standard InChI is InChI=1S/C12H15NO/c1-9-3-5-11(13-9)6-8-12-7-4-10(2)14-12/h3-5,7,13H,6,8H2,1-2H3. The highest BCUT2D eigenvalue weighted by atomic mass is 16.3. The molecule has 2 heteroatoms. The van der Waals surface area contributed by atoms with Gasteiger partial charge in [-0.1, -0.05) is 0 Å². The topological polar surface area (TPSA) is 28.9 Å². The second-order valence-electron chi connectivity index (χ2n) is 3.68. The van der Waals surface area contributed by atoms with Crippen LogP contribution in [0.2, 0.25) is 0 Å². The van der Waals surface area contributed by atoms with E-state index in [0.717, 1.165) is 24.4 Å². The highest BCUT2D eigenvalue weighted by Gasteiger charge is 2.00. The molecule has 0 saturated heterocycles. The smallest absolute Gasteiger partial charge is 0.104 e. The van der Waals surface area contributed by atoms with E-state index in [-0.39, 0.29) is 0 Å². The highest BCUT2D eigenvalue weighted by Crippen LogP contribution is 2.10. The molecule has 1 N–H and O–H groups in total. The Bertz CT molecular complexity index is 371. The van der Waals surface area contributed by atoms with Gasteiger partial charge in [-0.3, -0.25) is 0 Å². The lowest BCUT2D eigenvalue weighted by molar-refractivity contribution is 0.482. The number of aromatic nitrogens is 1. The van der Waals surface area contributed by atoms with Crippen molar-refractivity contribution in [3.05, 3.63) is 47.2 Å². The molecule has 14 heavy (non-hydrogen) atoms. The van der Waals surface area contributed by atoms with Crippen molar-refractivity contribution in [2.45, 2.75) is 26.7 Å². The average Bonchev–Trinajstić information content (AvgIpc) is 2.72. The van der Waals surface area contributed by atoms with Crippen molar-refractivity contribution in [2.24, 2.45) is 0 Å². The maximum Gasteiger partial charge on any atom is 0.104 e. The number of furan rings is 1. The summed E-state index contributed by atoms with van der Waals surface area (Å²) in [6.45, 7) is 4.04. The quantitative estimate of drug-likeness (QED) is 0.790. The van der Waals surface area contributed by atoms with E-state index in [2.05, 4.69) is 24.0 Å². The molecule has 2 nitrogen and oxygen atoms in total. The molecular weight excluding hydrogens is 174 g/mol. The SMILES string of the molecule is Cc1ccc(CCc2ccc(C)o2)[nH]1. The summed E-state index contributed by atoms with van der Waals surface area (Å²) in [5.41, 5.74) is 2.49. The summed E-state index contributed by atoms with van der Waals surface area (Å²) in [6.07, 6.45) is 1.98. The molecule has 0 radical (unpaired) electrons. The maximum absolute atomic E-state index is 5.50. The fraction of sp³-hybridized carbons (Fsp3) is 0.333. The molecule has 0 unspecified atom stereocenters. The fourth-order valence-electron chi connectivity index (χ4n) is 1.59. The maximum atomic E-state index is 5.50. The van der Waals surface area contributed by atoms with Gasteiger partial charge in [0.2, 0.25) is 0 Å². The van der Waals surface area contributed by atoms with Crippen molar-refractivity contribution in [3.8, 4) is 0 Å². The van der Waals surface area contributed by atoms with Gasteiger partial charge in [0.1, 0.15) is 11.5 Å². The van der Waals surface area contributed by atoms with Gasteiger partial charge < -0.3 is 9.40 Å². The minimum Gasteiger partial charge on any atom is -0.466 e. The number of hydrogen-bond donors (Lipinski definition) is 1. The third-order valence-electron chi connectivity index (χ3n) is 2.33. The van der Waals surface area contributed by atoms with Crippen molar-refractivity contribution < 1.29 is 4.42 Å². The second-order valence-corrected chi connectivity index (χ2v) is 3.68. The summed E-state index contributed by atoms with van der Waals surface area (Å²) in [6, 6.07) is 8.29. The molecule has 0 fully saturated rings. The molecule has 0 aromatic carbocycles. The zero-order chi connectivity index (χ0) is 9.97. The summed E-state index contributed by atoms with van der Waals surface area (Å²) in [4.78, 5) is 3.31. The van der Waals surface area contributed by atoms with Crippen molar-refractivity contribution in [1.29, 1.82) is 0 Å². The van der Waals surface area contributed by atoms with Crippen LogP contribution >= 0.6 is 0 Å². The van der Waals surface area contributed by atoms with E-state index in [1.54, 1.807) is 0 Å². The first-order chi connectivity index (χ1) is 6.74. The van der Waals surface area contributed by atoms with E-state index in [4.69, 9.17) is 4.42 Å². The van der Waals surface area contributed by atoms with Gasteiger partial charge in [-0.2, -0.15) is 0 Å². The first-order valence-electron chi connectivity index (χ1n) is 4.94. The van der Waals surface area contributed by atoms with Crippen LogP contribution in [-0.2, 0) is 12.8 Å². The van der Waals surface area contributed by atoms with Crippen LogP contribution in [0.3, 0.4) is 0 Å². The number of nitrogens with one attached hydrogen (secondary N) is 1. The second kappa shape index (κ2) is 3.74. The Hall–Kier alpha value is -1.44. The van der Waals surface area contributed by atoms with Crippen LogP contribution in [0.5, 0.6) is 0 Å². The van der Waals surface area contributed by atoms with E-state index < -0.39 is 0 Å². The molecule has 0 spiro atoms. The number of hydrogen-bond acceptors (Lipinski definition) is 1. The first kappa shape index (κ1) is 9.13. The number of H-pyrrole nitrogens is 1. The van der Waals surface area contributed by atoms with Crippen LogP contribution in [0.1, 0.15) is 22.9 Å². The number of aromatic amines is 1. The lowest BCUT2D eigenvalue weighted by Gasteiger charge is -1.95. The molecule has 0 aliphatic carbocycles. The lowest BCUT2D eigenvalue weighted by Crippen LogP contribution is -1.89. The summed E-state index contributed by atoms with van der Waals surface area (Å²) >= 11 is 0. The Kier molecular flexibility index (Phi) is 2.44. The highest BCUT2D eigenvalue weighted by molar-refractivity contribution is 5.13. The Morgan fingerprint density at radius 3 is 2.50 bits per heavy atom. The summed E-state index contributed by atoms with van der Waals surface area (Å²) in [5, 5.41) is 0. The van der Waals surface area contributed by atoms with Crippen LogP contribution in [0.25, 0.3) is 0 Å². The van der Waals surface area contributed by atoms with Gasteiger partial charge in [0.25, 0.3) is 0 Å². The van der Waals surface area contributed by atoms with Crippen LogP contribution in [0, 0.1) is 13.8 Å². The van der Waals surface area contributed by atoms with Gasteiger partial charge in [-0.15, -0.1) is 0 Å². The molecule has 0 aliphatic rings. The number of aryl methyl sites for hydroxylation is 4. The summed E-state index contributed by atoms with van der Waals surface area (Å²) in [7, 11) is 0. The Morgan fingerprint density at radius 1 is 1.07 bits per heavy atom.